The standard InChI is InChI=1S/C17H21N3O3/c1-4-8-19-9-12(3)20(10-11(19)2)17-18-15-13(16(21)22)6-5-7-14(15)23-17/h4-7,11-12H,1,8-10H2,2-3H3,(H,21,22)/t11-,12-/m0/s1. The number of para-hydroxylation sites is 1. The first-order valence-electron chi connectivity index (χ1n) is 7.75. The lowest BCUT2D eigenvalue weighted by Gasteiger charge is -2.43. The van der Waals surface area contributed by atoms with Crippen LogP contribution in [0.1, 0.15) is 24.2 Å². The van der Waals surface area contributed by atoms with E-state index in [2.05, 4.69) is 35.2 Å². The van der Waals surface area contributed by atoms with E-state index in [1.807, 2.05) is 6.08 Å². The van der Waals surface area contributed by atoms with E-state index in [1.165, 1.54) is 0 Å². The predicted octanol–water partition coefficient (Wildman–Crippen LogP) is 2.61. The highest BCUT2D eigenvalue weighted by Crippen LogP contribution is 2.28. The van der Waals surface area contributed by atoms with E-state index >= 15 is 0 Å². The number of carboxylic acid groups (broad SMARTS) is 1. The molecule has 1 aromatic heterocycles. The summed E-state index contributed by atoms with van der Waals surface area (Å²) in [7, 11) is 0. The summed E-state index contributed by atoms with van der Waals surface area (Å²) in [5.74, 6) is -0.993. The Hall–Kier alpha value is -2.34. The Morgan fingerprint density at radius 2 is 2.22 bits per heavy atom. The SMILES string of the molecule is C=CCN1C[C@H](C)N(c2nc3c(C(=O)O)cccc3o2)C[C@@H]1C. The molecule has 6 heteroatoms. The Morgan fingerprint density at radius 1 is 1.43 bits per heavy atom. The third kappa shape index (κ3) is 2.82. The molecule has 1 N–H and O–H groups in total. The van der Waals surface area contributed by atoms with E-state index in [9.17, 15) is 9.90 Å². The number of rotatable bonds is 4. The second kappa shape index (κ2) is 6.04. The maximum atomic E-state index is 11.3. The zero-order valence-electron chi connectivity index (χ0n) is 13.4. The fourth-order valence-electron chi connectivity index (χ4n) is 3.12. The Labute approximate surface area is 135 Å². The van der Waals surface area contributed by atoms with Gasteiger partial charge < -0.3 is 14.4 Å². The number of benzene rings is 1. The van der Waals surface area contributed by atoms with E-state index in [1.54, 1.807) is 18.2 Å². The van der Waals surface area contributed by atoms with Crippen LogP contribution in [0.3, 0.4) is 0 Å². The van der Waals surface area contributed by atoms with Crippen LogP contribution in [0.25, 0.3) is 11.1 Å². The van der Waals surface area contributed by atoms with Crippen molar-refractivity contribution < 1.29 is 14.3 Å². The first-order valence-corrected chi connectivity index (χ1v) is 7.75. The second-order valence-corrected chi connectivity index (χ2v) is 6.05. The van der Waals surface area contributed by atoms with Crippen LogP contribution < -0.4 is 4.90 Å². The summed E-state index contributed by atoms with van der Waals surface area (Å²) in [4.78, 5) is 20.2. The number of fused-ring (bicyclic) bond motifs is 1. The molecule has 0 radical (unpaired) electrons. The number of carbonyl (C=O) groups is 1. The molecule has 122 valence electrons. The molecule has 2 heterocycles. The lowest BCUT2D eigenvalue weighted by Crippen LogP contribution is -2.56. The molecule has 0 bridgehead atoms. The summed E-state index contributed by atoms with van der Waals surface area (Å²) in [5.41, 5.74) is 1.08. The van der Waals surface area contributed by atoms with E-state index in [4.69, 9.17) is 4.42 Å². The van der Waals surface area contributed by atoms with E-state index in [0.717, 1.165) is 19.6 Å². The molecular formula is C17H21N3O3. The molecule has 0 unspecified atom stereocenters. The van der Waals surface area contributed by atoms with Gasteiger partial charge in [-0.1, -0.05) is 12.1 Å². The van der Waals surface area contributed by atoms with Crippen molar-refractivity contribution in [2.24, 2.45) is 0 Å². The summed E-state index contributed by atoms with van der Waals surface area (Å²) in [6, 6.07) is 6.04. The maximum Gasteiger partial charge on any atom is 0.338 e. The van der Waals surface area contributed by atoms with Crippen LogP contribution >= 0.6 is 0 Å². The highest BCUT2D eigenvalue weighted by atomic mass is 16.4. The average molecular weight is 315 g/mol. The number of oxazole rings is 1. The van der Waals surface area contributed by atoms with Crippen LogP contribution in [-0.4, -0.2) is 52.7 Å². The van der Waals surface area contributed by atoms with Gasteiger partial charge >= 0.3 is 5.97 Å². The van der Waals surface area contributed by atoms with Crippen LogP contribution in [0.15, 0.2) is 35.3 Å². The van der Waals surface area contributed by atoms with E-state index in [0.29, 0.717) is 23.2 Å². The maximum absolute atomic E-state index is 11.3. The number of anilines is 1. The largest absolute Gasteiger partial charge is 0.478 e. The Bertz CT molecular complexity index is 740. The van der Waals surface area contributed by atoms with Gasteiger partial charge in [0.05, 0.1) is 5.56 Å². The van der Waals surface area contributed by atoms with Crippen molar-refractivity contribution >= 4 is 23.1 Å². The zero-order chi connectivity index (χ0) is 16.6. The monoisotopic (exact) mass is 315 g/mol. The molecule has 1 fully saturated rings. The minimum Gasteiger partial charge on any atom is -0.478 e. The Morgan fingerprint density at radius 3 is 2.91 bits per heavy atom. The van der Waals surface area contributed by atoms with Crippen molar-refractivity contribution in [2.75, 3.05) is 24.5 Å². The van der Waals surface area contributed by atoms with E-state index < -0.39 is 5.97 Å². The first-order chi connectivity index (χ1) is 11.0. The topological polar surface area (TPSA) is 69.8 Å². The van der Waals surface area contributed by atoms with Gasteiger partial charge in [0.25, 0.3) is 6.01 Å². The molecule has 1 aromatic carbocycles. The second-order valence-electron chi connectivity index (χ2n) is 6.05. The highest BCUT2D eigenvalue weighted by molar-refractivity contribution is 6.00. The van der Waals surface area contributed by atoms with Crippen LogP contribution in [-0.2, 0) is 0 Å². The fraction of sp³-hybridized carbons (Fsp3) is 0.412. The zero-order valence-corrected chi connectivity index (χ0v) is 13.4. The van der Waals surface area contributed by atoms with Crippen LogP contribution in [0.5, 0.6) is 0 Å². The number of nitrogens with zero attached hydrogens (tertiary/aromatic N) is 3. The van der Waals surface area contributed by atoms with Crippen molar-refractivity contribution in [1.29, 1.82) is 0 Å². The third-order valence-electron chi connectivity index (χ3n) is 4.36. The van der Waals surface area contributed by atoms with Gasteiger partial charge in [-0.2, -0.15) is 4.98 Å². The molecule has 0 saturated carbocycles. The van der Waals surface area contributed by atoms with Gasteiger partial charge in [-0.15, -0.1) is 6.58 Å². The van der Waals surface area contributed by atoms with Gasteiger partial charge in [0, 0.05) is 31.7 Å². The number of aromatic carboxylic acids is 1. The quantitative estimate of drug-likeness (QED) is 0.875. The highest BCUT2D eigenvalue weighted by Gasteiger charge is 2.31. The van der Waals surface area contributed by atoms with Crippen molar-refractivity contribution in [2.45, 2.75) is 25.9 Å². The summed E-state index contributed by atoms with van der Waals surface area (Å²) in [6.45, 7) is 10.6. The van der Waals surface area contributed by atoms with Crippen LogP contribution in [0, 0.1) is 0 Å². The Balaban J connectivity index is 1.93. The Kier molecular flexibility index (Phi) is 4.09. The minimum atomic E-state index is -0.993. The van der Waals surface area contributed by atoms with Gasteiger partial charge in [0.1, 0.15) is 5.52 Å². The van der Waals surface area contributed by atoms with Crippen LogP contribution in [0.4, 0.5) is 6.01 Å². The molecule has 2 aromatic rings. The fourth-order valence-corrected chi connectivity index (χ4v) is 3.12. The molecule has 0 aliphatic carbocycles. The van der Waals surface area contributed by atoms with Crippen molar-refractivity contribution in [1.82, 2.24) is 9.88 Å². The molecular weight excluding hydrogens is 294 g/mol. The van der Waals surface area contributed by atoms with Gasteiger partial charge in [-0.3, -0.25) is 4.90 Å². The molecule has 0 spiro atoms. The van der Waals surface area contributed by atoms with Gasteiger partial charge in [-0.05, 0) is 26.0 Å². The van der Waals surface area contributed by atoms with E-state index in [-0.39, 0.29) is 11.6 Å². The van der Waals surface area contributed by atoms with Gasteiger partial charge in [-0.25, -0.2) is 4.79 Å². The number of aromatic nitrogens is 1. The molecule has 6 nitrogen and oxygen atoms in total. The van der Waals surface area contributed by atoms with Crippen molar-refractivity contribution in [3.8, 4) is 0 Å². The molecule has 23 heavy (non-hydrogen) atoms. The molecule has 1 aliphatic heterocycles. The molecule has 3 rings (SSSR count). The number of hydrogen-bond acceptors (Lipinski definition) is 5. The molecule has 1 saturated heterocycles. The number of hydrogen-bond donors (Lipinski definition) is 1. The van der Waals surface area contributed by atoms with Crippen molar-refractivity contribution in [3.05, 3.63) is 36.4 Å². The molecule has 1 aliphatic rings. The summed E-state index contributed by atoms with van der Waals surface area (Å²) >= 11 is 0. The molecule has 2 atom stereocenters. The van der Waals surface area contributed by atoms with Crippen LogP contribution in [0.2, 0.25) is 0 Å². The predicted molar refractivity (Wildman–Crippen MR) is 89.0 cm³/mol. The molecule has 0 amide bonds. The first kappa shape index (κ1) is 15.6. The number of piperazine rings is 1. The lowest BCUT2D eigenvalue weighted by atomic mass is 10.1. The minimum absolute atomic E-state index is 0.170. The number of carboxylic acids is 1. The summed E-state index contributed by atoms with van der Waals surface area (Å²) in [6.07, 6.45) is 1.91. The lowest BCUT2D eigenvalue weighted by molar-refractivity contribution is 0.0699. The summed E-state index contributed by atoms with van der Waals surface area (Å²) in [5, 5.41) is 9.28. The van der Waals surface area contributed by atoms with Crippen molar-refractivity contribution in [3.63, 3.8) is 0 Å². The smallest absolute Gasteiger partial charge is 0.338 e. The van der Waals surface area contributed by atoms with Gasteiger partial charge in [0.15, 0.2) is 5.58 Å². The third-order valence-corrected chi connectivity index (χ3v) is 4.36. The van der Waals surface area contributed by atoms with Gasteiger partial charge in [0.2, 0.25) is 0 Å². The average Bonchev–Trinajstić information content (AvgIpc) is 2.94. The summed E-state index contributed by atoms with van der Waals surface area (Å²) < 4.78 is 5.83. The normalized spacial score (nSPS) is 22.4.